The summed E-state index contributed by atoms with van der Waals surface area (Å²) in [6.45, 7) is 5.85. The van der Waals surface area contributed by atoms with E-state index in [1.807, 2.05) is 51.1 Å². The minimum atomic E-state index is -0.441. The summed E-state index contributed by atoms with van der Waals surface area (Å²) in [4.78, 5) is 16.2. The molecule has 23 heavy (non-hydrogen) atoms. The molecule has 6 nitrogen and oxygen atoms in total. The van der Waals surface area contributed by atoms with Crippen molar-refractivity contribution >= 4 is 23.1 Å². The summed E-state index contributed by atoms with van der Waals surface area (Å²) in [6.07, 6.45) is 1.62. The number of aromatic nitrogens is 1. The van der Waals surface area contributed by atoms with E-state index in [1.54, 1.807) is 6.20 Å². The number of fused-ring (bicyclic) bond motifs is 1. The molecule has 0 atom stereocenters. The van der Waals surface area contributed by atoms with Gasteiger partial charge in [-0.25, -0.2) is 4.98 Å². The molecular formula is C17H19N3O3. The molecule has 6 heteroatoms. The van der Waals surface area contributed by atoms with Crippen LogP contribution in [0.3, 0.4) is 0 Å². The Morgan fingerprint density at radius 2 is 1.83 bits per heavy atom. The maximum atomic E-state index is 11.9. The maximum absolute atomic E-state index is 11.9. The SMILES string of the molecule is CC(C)(C)C(=O)Nc1ccc(Nc2ccc3c(c2)OCO3)nc1. The van der Waals surface area contributed by atoms with E-state index in [4.69, 9.17) is 9.47 Å². The first-order valence-corrected chi connectivity index (χ1v) is 7.36. The Morgan fingerprint density at radius 3 is 2.52 bits per heavy atom. The van der Waals surface area contributed by atoms with Crippen LogP contribution in [-0.2, 0) is 4.79 Å². The molecule has 0 fully saturated rings. The van der Waals surface area contributed by atoms with Gasteiger partial charge in [0.05, 0.1) is 11.9 Å². The van der Waals surface area contributed by atoms with Crippen LogP contribution in [0.4, 0.5) is 17.2 Å². The minimum Gasteiger partial charge on any atom is -0.454 e. The van der Waals surface area contributed by atoms with Gasteiger partial charge < -0.3 is 20.1 Å². The highest BCUT2D eigenvalue weighted by molar-refractivity contribution is 5.94. The lowest BCUT2D eigenvalue weighted by atomic mass is 9.96. The number of rotatable bonds is 3. The molecule has 1 aliphatic heterocycles. The van der Waals surface area contributed by atoms with Gasteiger partial charge in [-0.15, -0.1) is 0 Å². The standard InChI is InChI=1S/C17H19N3O3/c1-17(2,3)16(21)20-12-5-7-15(18-9-12)19-11-4-6-13-14(8-11)23-10-22-13/h4-9H,10H2,1-3H3,(H,18,19)(H,20,21). The predicted octanol–water partition coefficient (Wildman–Crippen LogP) is 3.54. The van der Waals surface area contributed by atoms with Crippen LogP contribution in [0.1, 0.15) is 20.8 Å². The second-order valence-corrected chi connectivity index (χ2v) is 6.33. The van der Waals surface area contributed by atoms with Crippen LogP contribution in [-0.4, -0.2) is 17.7 Å². The van der Waals surface area contributed by atoms with Gasteiger partial charge in [0.15, 0.2) is 11.5 Å². The second-order valence-electron chi connectivity index (χ2n) is 6.33. The first-order chi connectivity index (χ1) is 10.9. The molecule has 1 aliphatic rings. The average Bonchev–Trinajstić information content (AvgIpc) is 2.96. The van der Waals surface area contributed by atoms with Gasteiger partial charge in [-0.1, -0.05) is 20.8 Å². The molecule has 0 saturated carbocycles. The Hall–Kier alpha value is -2.76. The number of hydrogen-bond donors (Lipinski definition) is 2. The molecule has 0 unspecified atom stereocenters. The number of hydrogen-bond acceptors (Lipinski definition) is 5. The van der Waals surface area contributed by atoms with E-state index in [1.165, 1.54) is 0 Å². The van der Waals surface area contributed by atoms with Crippen molar-refractivity contribution in [1.29, 1.82) is 0 Å². The van der Waals surface area contributed by atoms with Crippen molar-refractivity contribution in [3.05, 3.63) is 36.5 Å². The zero-order valence-electron chi connectivity index (χ0n) is 13.3. The summed E-state index contributed by atoms with van der Waals surface area (Å²) in [7, 11) is 0. The zero-order valence-corrected chi connectivity index (χ0v) is 13.3. The fourth-order valence-electron chi connectivity index (χ4n) is 1.98. The molecule has 0 bridgehead atoms. The van der Waals surface area contributed by atoms with Gasteiger partial charge in [-0.2, -0.15) is 0 Å². The number of amides is 1. The van der Waals surface area contributed by atoms with E-state index < -0.39 is 5.41 Å². The van der Waals surface area contributed by atoms with E-state index >= 15 is 0 Å². The number of anilines is 3. The Balaban J connectivity index is 1.67. The Bertz CT molecular complexity index is 721. The van der Waals surface area contributed by atoms with Gasteiger partial charge in [-0.05, 0) is 24.3 Å². The van der Waals surface area contributed by atoms with Crippen LogP contribution in [0.15, 0.2) is 36.5 Å². The fourth-order valence-corrected chi connectivity index (χ4v) is 1.98. The summed E-state index contributed by atoms with van der Waals surface area (Å²) in [5.41, 5.74) is 1.08. The number of nitrogens with zero attached hydrogens (tertiary/aromatic N) is 1. The minimum absolute atomic E-state index is 0.0456. The first kappa shape index (κ1) is 15.1. The average molecular weight is 313 g/mol. The van der Waals surface area contributed by atoms with Crippen molar-refractivity contribution in [3.8, 4) is 11.5 Å². The molecule has 120 valence electrons. The maximum Gasteiger partial charge on any atom is 0.231 e. The van der Waals surface area contributed by atoms with Crippen LogP contribution in [0, 0.1) is 5.41 Å². The monoisotopic (exact) mass is 313 g/mol. The van der Waals surface area contributed by atoms with Crippen LogP contribution in [0.5, 0.6) is 11.5 Å². The molecule has 0 spiro atoms. The van der Waals surface area contributed by atoms with Crippen LogP contribution >= 0.6 is 0 Å². The number of benzene rings is 1. The van der Waals surface area contributed by atoms with Crippen LogP contribution < -0.4 is 20.1 Å². The molecule has 0 saturated heterocycles. The number of carbonyl (C=O) groups excluding carboxylic acids is 1. The van der Waals surface area contributed by atoms with E-state index in [-0.39, 0.29) is 12.7 Å². The molecule has 1 amide bonds. The number of nitrogens with one attached hydrogen (secondary N) is 2. The third-order valence-corrected chi connectivity index (χ3v) is 3.35. The summed E-state index contributed by atoms with van der Waals surface area (Å²) < 4.78 is 10.6. The molecule has 3 rings (SSSR count). The topological polar surface area (TPSA) is 72.5 Å². The Labute approximate surface area is 134 Å². The fraction of sp³-hybridized carbons (Fsp3) is 0.294. The van der Waals surface area contributed by atoms with Crippen molar-refractivity contribution in [2.45, 2.75) is 20.8 Å². The Morgan fingerprint density at radius 1 is 1.09 bits per heavy atom. The molecule has 0 radical (unpaired) electrons. The van der Waals surface area contributed by atoms with Crippen molar-refractivity contribution in [2.24, 2.45) is 5.41 Å². The summed E-state index contributed by atoms with van der Waals surface area (Å²) >= 11 is 0. The van der Waals surface area contributed by atoms with Crippen molar-refractivity contribution in [3.63, 3.8) is 0 Å². The number of carbonyl (C=O) groups is 1. The summed E-state index contributed by atoms with van der Waals surface area (Å²) in [6, 6.07) is 9.22. The number of ether oxygens (including phenoxy) is 2. The van der Waals surface area contributed by atoms with Crippen molar-refractivity contribution in [1.82, 2.24) is 4.98 Å². The first-order valence-electron chi connectivity index (χ1n) is 7.36. The Kier molecular flexibility index (Phi) is 3.82. The smallest absolute Gasteiger partial charge is 0.231 e. The highest BCUT2D eigenvalue weighted by Gasteiger charge is 2.21. The lowest BCUT2D eigenvalue weighted by molar-refractivity contribution is -0.123. The van der Waals surface area contributed by atoms with Crippen molar-refractivity contribution in [2.75, 3.05) is 17.4 Å². The third-order valence-electron chi connectivity index (χ3n) is 3.35. The highest BCUT2D eigenvalue weighted by atomic mass is 16.7. The molecule has 0 aliphatic carbocycles. The molecule has 2 heterocycles. The van der Waals surface area contributed by atoms with Crippen molar-refractivity contribution < 1.29 is 14.3 Å². The zero-order chi connectivity index (χ0) is 16.4. The molecular weight excluding hydrogens is 294 g/mol. The largest absolute Gasteiger partial charge is 0.454 e. The van der Waals surface area contributed by atoms with E-state index in [0.717, 1.165) is 11.4 Å². The second kappa shape index (κ2) is 5.79. The number of pyridine rings is 1. The predicted molar refractivity (Wildman–Crippen MR) is 88.2 cm³/mol. The lowest BCUT2D eigenvalue weighted by Gasteiger charge is -2.17. The van der Waals surface area contributed by atoms with Gasteiger partial charge in [0.1, 0.15) is 5.82 Å². The van der Waals surface area contributed by atoms with Gasteiger partial charge in [-0.3, -0.25) is 4.79 Å². The molecule has 2 aromatic rings. The van der Waals surface area contributed by atoms with Gasteiger partial charge in [0.25, 0.3) is 0 Å². The highest BCUT2D eigenvalue weighted by Crippen LogP contribution is 2.34. The van der Waals surface area contributed by atoms with Gasteiger partial charge >= 0.3 is 0 Å². The van der Waals surface area contributed by atoms with E-state index in [2.05, 4.69) is 15.6 Å². The molecule has 1 aromatic carbocycles. The van der Waals surface area contributed by atoms with E-state index in [9.17, 15) is 4.79 Å². The van der Waals surface area contributed by atoms with Crippen LogP contribution in [0.2, 0.25) is 0 Å². The van der Waals surface area contributed by atoms with E-state index in [0.29, 0.717) is 17.3 Å². The third kappa shape index (κ3) is 3.53. The molecule has 1 aromatic heterocycles. The quantitative estimate of drug-likeness (QED) is 0.907. The lowest BCUT2D eigenvalue weighted by Crippen LogP contribution is -2.27. The van der Waals surface area contributed by atoms with Crippen LogP contribution in [0.25, 0.3) is 0 Å². The normalized spacial score (nSPS) is 12.8. The summed E-state index contributed by atoms with van der Waals surface area (Å²) in [5.74, 6) is 2.08. The van der Waals surface area contributed by atoms with Gasteiger partial charge in [0.2, 0.25) is 12.7 Å². The molecule has 2 N–H and O–H groups in total. The summed E-state index contributed by atoms with van der Waals surface area (Å²) in [5, 5.41) is 6.03. The van der Waals surface area contributed by atoms with Gasteiger partial charge in [0, 0.05) is 17.2 Å².